The Balaban J connectivity index is 1.75. The number of likely N-dealkylation sites (tertiary alicyclic amines) is 2. The average molecular weight is 248 g/mol. The second kappa shape index (κ2) is 6.24. The average Bonchev–Trinajstić information content (AvgIpc) is 2.73. The van der Waals surface area contributed by atoms with E-state index in [2.05, 4.69) is 17.7 Å². The van der Waals surface area contributed by atoms with Gasteiger partial charge in [-0.15, -0.1) is 12.3 Å². The van der Waals surface area contributed by atoms with E-state index in [9.17, 15) is 4.79 Å². The van der Waals surface area contributed by atoms with E-state index in [0.29, 0.717) is 12.3 Å². The molecule has 1 atom stereocenters. The summed E-state index contributed by atoms with van der Waals surface area (Å²) >= 11 is 0. The van der Waals surface area contributed by atoms with Crippen LogP contribution in [0.5, 0.6) is 0 Å². The van der Waals surface area contributed by atoms with Crippen LogP contribution in [0.1, 0.15) is 32.6 Å². The third-order valence-electron chi connectivity index (χ3n) is 4.18. The molecule has 0 saturated carbocycles. The normalized spacial score (nSPS) is 26.6. The highest BCUT2D eigenvalue weighted by atomic mass is 16.2. The number of hydrogen-bond acceptors (Lipinski definition) is 2. The van der Waals surface area contributed by atoms with Crippen molar-refractivity contribution in [3.63, 3.8) is 0 Å². The highest BCUT2D eigenvalue weighted by Gasteiger charge is 2.30. The molecule has 2 aliphatic rings. The molecule has 0 bridgehead atoms. The van der Waals surface area contributed by atoms with Crippen molar-refractivity contribution in [1.29, 1.82) is 0 Å². The molecule has 2 saturated heterocycles. The van der Waals surface area contributed by atoms with Crippen molar-refractivity contribution in [1.82, 2.24) is 9.80 Å². The maximum absolute atomic E-state index is 11.8. The third kappa shape index (κ3) is 3.26. The first kappa shape index (κ1) is 13.4. The fraction of sp³-hybridized carbons (Fsp3) is 0.800. The molecule has 100 valence electrons. The molecule has 1 amide bonds. The standard InChI is InChI=1S/C15H24N2O/c1-3-7-16-8-5-14(6-9-16)12-17-11-13(4-2)10-15(17)18/h2,13-14H,3,5-12H2,1H3. The molecule has 2 aliphatic heterocycles. The van der Waals surface area contributed by atoms with Gasteiger partial charge in [-0.2, -0.15) is 0 Å². The zero-order valence-corrected chi connectivity index (χ0v) is 11.4. The Morgan fingerprint density at radius 2 is 2.11 bits per heavy atom. The van der Waals surface area contributed by atoms with Crippen LogP contribution < -0.4 is 0 Å². The number of amides is 1. The summed E-state index contributed by atoms with van der Waals surface area (Å²) in [5.74, 6) is 3.80. The monoisotopic (exact) mass is 248 g/mol. The van der Waals surface area contributed by atoms with Gasteiger partial charge in [0.2, 0.25) is 5.91 Å². The van der Waals surface area contributed by atoms with E-state index in [0.717, 1.165) is 13.1 Å². The minimum Gasteiger partial charge on any atom is -0.341 e. The summed E-state index contributed by atoms with van der Waals surface area (Å²) in [7, 11) is 0. The van der Waals surface area contributed by atoms with Crippen molar-refractivity contribution < 1.29 is 4.79 Å². The molecule has 18 heavy (non-hydrogen) atoms. The topological polar surface area (TPSA) is 23.6 Å². The van der Waals surface area contributed by atoms with Gasteiger partial charge in [0.1, 0.15) is 0 Å². The molecule has 0 aromatic carbocycles. The molecule has 1 unspecified atom stereocenters. The fourth-order valence-electron chi connectivity index (χ4n) is 3.08. The van der Waals surface area contributed by atoms with E-state index in [4.69, 9.17) is 6.42 Å². The first-order valence-corrected chi connectivity index (χ1v) is 7.19. The van der Waals surface area contributed by atoms with Crippen molar-refractivity contribution in [2.45, 2.75) is 32.6 Å². The summed E-state index contributed by atoms with van der Waals surface area (Å²) in [6.45, 7) is 7.54. The van der Waals surface area contributed by atoms with E-state index in [1.54, 1.807) is 0 Å². The van der Waals surface area contributed by atoms with Gasteiger partial charge in [-0.25, -0.2) is 0 Å². The quantitative estimate of drug-likeness (QED) is 0.705. The number of terminal acetylenes is 1. The number of hydrogen-bond donors (Lipinski definition) is 0. The van der Waals surface area contributed by atoms with Gasteiger partial charge in [-0.3, -0.25) is 4.79 Å². The summed E-state index contributed by atoms with van der Waals surface area (Å²) in [6.07, 6.45) is 9.66. The van der Waals surface area contributed by atoms with Crippen LogP contribution in [0.25, 0.3) is 0 Å². The first-order valence-electron chi connectivity index (χ1n) is 7.19. The van der Waals surface area contributed by atoms with Crippen molar-refractivity contribution in [3.05, 3.63) is 0 Å². The Kier molecular flexibility index (Phi) is 4.66. The Labute approximate surface area is 111 Å². The van der Waals surface area contributed by atoms with E-state index in [1.807, 2.05) is 4.90 Å². The first-order chi connectivity index (χ1) is 8.72. The Morgan fingerprint density at radius 3 is 2.67 bits per heavy atom. The minimum absolute atomic E-state index is 0.151. The van der Waals surface area contributed by atoms with Gasteiger partial charge in [0.15, 0.2) is 0 Å². The van der Waals surface area contributed by atoms with Crippen molar-refractivity contribution in [3.8, 4) is 12.3 Å². The molecule has 0 aromatic rings. The molecule has 0 aliphatic carbocycles. The van der Waals surface area contributed by atoms with E-state index in [1.165, 1.54) is 38.9 Å². The molecule has 0 radical (unpaired) electrons. The molecular formula is C15H24N2O. The minimum atomic E-state index is 0.151. The van der Waals surface area contributed by atoms with Crippen LogP contribution in [-0.4, -0.2) is 48.4 Å². The van der Waals surface area contributed by atoms with Gasteiger partial charge < -0.3 is 9.80 Å². The number of rotatable bonds is 4. The lowest BCUT2D eigenvalue weighted by Gasteiger charge is -2.33. The number of carbonyl (C=O) groups excluding carboxylic acids is 1. The van der Waals surface area contributed by atoms with Crippen LogP contribution >= 0.6 is 0 Å². The van der Waals surface area contributed by atoms with Crippen LogP contribution in [0.3, 0.4) is 0 Å². The highest BCUT2D eigenvalue weighted by molar-refractivity contribution is 5.79. The van der Waals surface area contributed by atoms with Crippen LogP contribution in [0, 0.1) is 24.2 Å². The summed E-state index contributed by atoms with van der Waals surface area (Å²) in [5, 5.41) is 0. The summed E-state index contributed by atoms with van der Waals surface area (Å²) in [5.41, 5.74) is 0. The maximum atomic E-state index is 11.8. The summed E-state index contributed by atoms with van der Waals surface area (Å²) < 4.78 is 0. The van der Waals surface area contributed by atoms with Crippen LogP contribution in [0.15, 0.2) is 0 Å². The second-order valence-electron chi connectivity index (χ2n) is 5.65. The van der Waals surface area contributed by atoms with Crippen molar-refractivity contribution >= 4 is 5.91 Å². The third-order valence-corrected chi connectivity index (χ3v) is 4.18. The van der Waals surface area contributed by atoms with Crippen molar-refractivity contribution in [2.75, 3.05) is 32.7 Å². The van der Waals surface area contributed by atoms with Crippen molar-refractivity contribution in [2.24, 2.45) is 11.8 Å². The van der Waals surface area contributed by atoms with Crippen LogP contribution in [-0.2, 0) is 4.79 Å². The van der Waals surface area contributed by atoms with Crippen LogP contribution in [0.2, 0.25) is 0 Å². The van der Waals surface area contributed by atoms with Crippen LogP contribution in [0.4, 0.5) is 0 Å². The molecule has 0 spiro atoms. The van der Waals surface area contributed by atoms with Gasteiger partial charge in [-0.1, -0.05) is 6.92 Å². The summed E-state index contributed by atoms with van der Waals surface area (Å²) in [6, 6.07) is 0. The lowest BCUT2D eigenvalue weighted by atomic mass is 9.96. The highest BCUT2D eigenvalue weighted by Crippen LogP contribution is 2.23. The Bertz CT molecular complexity index is 326. The molecule has 2 heterocycles. The molecule has 3 nitrogen and oxygen atoms in total. The largest absolute Gasteiger partial charge is 0.341 e. The molecule has 0 aromatic heterocycles. The molecule has 2 fully saturated rings. The van der Waals surface area contributed by atoms with Gasteiger partial charge in [0.05, 0.1) is 0 Å². The maximum Gasteiger partial charge on any atom is 0.223 e. The van der Waals surface area contributed by atoms with Gasteiger partial charge in [0.25, 0.3) is 0 Å². The zero-order chi connectivity index (χ0) is 13.0. The van der Waals surface area contributed by atoms with E-state index in [-0.39, 0.29) is 11.8 Å². The smallest absolute Gasteiger partial charge is 0.223 e. The molecular weight excluding hydrogens is 224 g/mol. The zero-order valence-electron chi connectivity index (χ0n) is 11.4. The second-order valence-corrected chi connectivity index (χ2v) is 5.65. The van der Waals surface area contributed by atoms with E-state index >= 15 is 0 Å². The Hall–Kier alpha value is -1.01. The lowest BCUT2D eigenvalue weighted by molar-refractivity contribution is -0.128. The SMILES string of the molecule is C#CC1CC(=O)N(CC2CCN(CCC)CC2)C1. The summed E-state index contributed by atoms with van der Waals surface area (Å²) in [4.78, 5) is 16.3. The van der Waals surface area contributed by atoms with Gasteiger partial charge in [0, 0.05) is 25.4 Å². The van der Waals surface area contributed by atoms with Gasteiger partial charge in [-0.05, 0) is 44.8 Å². The lowest BCUT2D eigenvalue weighted by Crippen LogP contribution is -2.39. The van der Waals surface area contributed by atoms with Gasteiger partial charge >= 0.3 is 0 Å². The number of piperidine rings is 1. The molecule has 3 heteroatoms. The Morgan fingerprint density at radius 1 is 1.39 bits per heavy atom. The predicted octanol–water partition coefficient (Wildman–Crippen LogP) is 1.59. The molecule has 0 N–H and O–H groups in total. The number of nitrogens with zero attached hydrogens (tertiary/aromatic N) is 2. The predicted molar refractivity (Wildman–Crippen MR) is 73.0 cm³/mol. The fourth-order valence-corrected chi connectivity index (χ4v) is 3.08. The molecule has 2 rings (SSSR count). The number of carbonyl (C=O) groups is 1. The van der Waals surface area contributed by atoms with E-state index < -0.39 is 0 Å².